The van der Waals surface area contributed by atoms with Crippen LogP contribution in [0.4, 0.5) is 0 Å². The summed E-state index contributed by atoms with van der Waals surface area (Å²) in [5, 5.41) is 0. The van der Waals surface area contributed by atoms with Crippen LogP contribution in [-0.4, -0.2) is 12.4 Å². The Hall–Kier alpha value is -1.31. The Morgan fingerprint density at radius 2 is 2.13 bits per heavy atom. The van der Waals surface area contributed by atoms with Crippen LogP contribution >= 0.6 is 0 Å². The van der Waals surface area contributed by atoms with Gasteiger partial charge in [0, 0.05) is 5.56 Å². The molecule has 0 bridgehead atoms. The number of ether oxygens (including phenoxy) is 1. The van der Waals surface area contributed by atoms with Gasteiger partial charge in [-0.2, -0.15) is 0 Å². The maximum absolute atomic E-state index is 10.8. The molecular formula is C13H16O2. The molecule has 1 saturated carbocycles. The first kappa shape index (κ1) is 10.2. The molecule has 1 aliphatic rings. The van der Waals surface area contributed by atoms with Crippen molar-refractivity contribution >= 4 is 6.29 Å². The molecule has 0 N–H and O–H groups in total. The van der Waals surface area contributed by atoms with E-state index in [4.69, 9.17) is 4.74 Å². The lowest BCUT2D eigenvalue weighted by molar-refractivity contribution is 0.112. The Kier molecular flexibility index (Phi) is 2.76. The number of carbonyl (C=O) groups excluding carboxylic acids is 1. The fourth-order valence-corrected chi connectivity index (χ4v) is 1.61. The molecule has 0 unspecified atom stereocenters. The smallest absolute Gasteiger partial charge is 0.150 e. The fourth-order valence-electron chi connectivity index (χ4n) is 1.61. The third-order valence-electron chi connectivity index (χ3n) is 2.63. The van der Waals surface area contributed by atoms with E-state index in [-0.39, 0.29) is 0 Å². The summed E-state index contributed by atoms with van der Waals surface area (Å²) < 4.78 is 5.70. The second-order valence-electron chi connectivity index (χ2n) is 4.38. The van der Waals surface area contributed by atoms with Crippen LogP contribution in [0.2, 0.25) is 0 Å². The van der Waals surface area contributed by atoms with Gasteiger partial charge < -0.3 is 4.74 Å². The molecule has 0 spiro atoms. The van der Waals surface area contributed by atoms with Crippen molar-refractivity contribution in [3.8, 4) is 5.75 Å². The van der Waals surface area contributed by atoms with Gasteiger partial charge in [0.2, 0.25) is 0 Å². The van der Waals surface area contributed by atoms with Gasteiger partial charge in [-0.05, 0) is 42.5 Å². The highest BCUT2D eigenvalue weighted by Gasteiger charge is 2.23. The number of rotatable bonds is 4. The van der Waals surface area contributed by atoms with E-state index in [0.717, 1.165) is 36.0 Å². The Bertz CT molecular complexity index is 365. The first-order valence-corrected chi connectivity index (χ1v) is 5.46. The summed E-state index contributed by atoms with van der Waals surface area (Å²) in [6, 6.07) is 5.72. The van der Waals surface area contributed by atoms with Crippen LogP contribution in [0.5, 0.6) is 5.75 Å². The molecule has 0 aromatic heterocycles. The summed E-state index contributed by atoms with van der Waals surface area (Å²) >= 11 is 0. The van der Waals surface area contributed by atoms with Crippen molar-refractivity contribution in [1.29, 1.82) is 0 Å². The summed E-state index contributed by atoms with van der Waals surface area (Å²) in [7, 11) is 0. The Labute approximate surface area is 90.3 Å². The van der Waals surface area contributed by atoms with Crippen LogP contribution in [0.15, 0.2) is 18.2 Å². The molecule has 15 heavy (non-hydrogen) atoms. The monoisotopic (exact) mass is 204 g/mol. The van der Waals surface area contributed by atoms with Gasteiger partial charge in [0.25, 0.3) is 0 Å². The summed E-state index contributed by atoms with van der Waals surface area (Å²) in [6.07, 6.45) is 3.64. The molecule has 1 aromatic carbocycles. The van der Waals surface area contributed by atoms with Crippen molar-refractivity contribution in [2.75, 3.05) is 0 Å². The summed E-state index contributed by atoms with van der Waals surface area (Å²) in [6.45, 7) is 4.17. The standard InChI is InChI=1S/C13H16O2/c1-9(2)13-7-12(15-11-5-6-11)4-3-10(13)8-14/h3-4,7-9,11H,5-6H2,1-2H3. The number of hydrogen-bond donors (Lipinski definition) is 0. The van der Waals surface area contributed by atoms with Crippen molar-refractivity contribution in [3.05, 3.63) is 29.3 Å². The van der Waals surface area contributed by atoms with Crippen molar-refractivity contribution in [2.24, 2.45) is 0 Å². The normalized spacial score (nSPS) is 15.4. The molecular weight excluding hydrogens is 188 g/mol. The largest absolute Gasteiger partial charge is 0.490 e. The average molecular weight is 204 g/mol. The van der Waals surface area contributed by atoms with Crippen LogP contribution in [0.25, 0.3) is 0 Å². The third kappa shape index (κ3) is 2.38. The molecule has 1 aromatic rings. The number of carbonyl (C=O) groups is 1. The molecule has 0 saturated heterocycles. The zero-order chi connectivity index (χ0) is 10.8. The SMILES string of the molecule is CC(C)c1cc(OC2CC2)ccc1C=O. The maximum Gasteiger partial charge on any atom is 0.150 e. The molecule has 0 amide bonds. The highest BCUT2D eigenvalue weighted by atomic mass is 16.5. The van der Waals surface area contributed by atoms with Crippen molar-refractivity contribution < 1.29 is 9.53 Å². The van der Waals surface area contributed by atoms with E-state index in [1.807, 2.05) is 18.2 Å². The van der Waals surface area contributed by atoms with E-state index < -0.39 is 0 Å². The number of benzene rings is 1. The van der Waals surface area contributed by atoms with E-state index in [9.17, 15) is 4.79 Å². The van der Waals surface area contributed by atoms with Crippen LogP contribution < -0.4 is 4.74 Å². The molecule has 2 rings (SSSR count). The van der Waals surface area contributed by atoms with Gasteiger partial charge in [-0.25, -0.2) is 0 Å². The molecule has 2 heteroatoms. The Balaban J connectivity index is 2.26. The third-order valence-corrected chi connectivity index (χ3v) is 2.63. The molecule has 0 radical (unpaired) electrons. The van der Waals surface area contributed by atoms with Gasteiger partial charge in [0.05, 0.1) is 6.10 Å². The van der Waals surface area contributed by atoms with E-state index in [1.165, 1.54) is 0 Å². The predicted octanol–water partition coefficient (Wildman–Crippen LogP) is 3.16. The van der Waals surface area contributed by atoms with Gasteiger partial charge in [-0.1, -0.05) is 13.8 Å². The van der Waals surface area contributed by atoms with E-state index in [0.29, 0.717) is 12.0 Å². The van der Waals surface area contributed by atoms with Crippen LogP contribution in [0.3, 0.4) is 0 Å². The van der Waals surface area contributed by atoms with Crippen molar-refractivity contribution in [1.82, 2.24) is 0 Å². The zero-order valence-corrected chi connectivity index (χ0v) is 9.19. The first-order valence-electron chi connectivity index (χ1n) is 5.46. The number of aldehydes is 1. The average Bonchev–Trinajstić information content (AvgIpc) is 3.01. The van der Waals surface area contributed by atoms with Gasteiger partial charge >= 0.3 is 0 Å². The van der Waals surface area contributed by atoms with Crippen molar-refractivity contribution in [2.45, 2.75) is 38.7 Å². The minimum atomic E-state index is 0.355. The highest BCUT2D eigenvalue weighted by Crippen LogP contribution is 2.29. The molecule has 80 valence electrons. The quantitative estimate of drug-likeness (QED) is 0.704. The minimum Gasteiger partial charge on any atom is -0.490 e. The first-order chi connectivity index (χ1) is 7.20. The second kappa shape index (κ2) is 4.05. The molecule has 0 atom stereocenters. The second-order valence-corrected chi connectivity index (χ2v) is 4.38. The highest BCUT2D eigenvalue weighted by molar-refractivity contribution is 5.78. The minimum absolute atomic E-state index is 0.355. The van der Waals surface area contributed by atoms with Gasteiger partial charge in [-0.15, -0.1) is 0 Å². The van der Waals surface area contributed by atoms with Gasteiger partial charge in [0.1, 0.15) is 12.0 Å². The van der Waals surface area contributed by atoms with Crippen LogP contribution in [-0.2, 0) is 0 Å². The summed E-state index contributed by atoms with van der Waals surface area (Å²) in [5.41, 5.74) is 1.84. The van der Waals surface area contributed by atoms with Crippen LogP contribution in [0, 0.1) is 0 Å². The van der Waals surface area contributed by atoms with E-state index >= 15 is 0 Å². The molecule has 2 nitrogen and oxygen atoms in total. The maximum atomic E-state index is 10.8. The zero-order valence-electron chi connectivity index (χ0n) is 9.19. The molecule has 1 aliphatic carbocycles. The molecule has 0 heterocycles. The summed E-state index contributed by atoms with van der Waals surface area (Å²) in [4.78, 5) is 10.8. The Morgan fingerprint density at radius 1 is 1.40 bits per heavy atom. The lowest BCUT2D eigenvalue weighted by atomic mass is 9.98. The van der Waals surface area contributed by atoms with Crippen molar-refractivity contribution in [3.63, 3.8) is 0 Å². The fraction of sp³-hybridized carbons (Fsp3) is 0.462. The number of hydrogen-bond acceptors (Lipinski definition) is 2. The lowest BCUT2D eigenvalue weighted by Gasteiger charge is -2.11. The predicted molar refractivity (Wildman–Crippen MR) is 59.6 cm³/mol. The topological polar surface area (TPSA) is 26.3 Å². The Morgan fingerprint density at radius 3 is 2.67 bits per heavy atom. The van der Waals surface area contributed by atoms with Gasteiger partial charge in [0.15, 0.2) is 0 Å². The van der Waals surface area contributed by atoms with Crippen LogP contribution in [0.1, 0.15) is 48.5 Å². The van der Waals surface area contributed by atoms with E-state index in [2.05, 4.69) is 13.8 Å². The lowest BCUT2D eigenvalue weighted by Crippen LogP contribution is -2.00. The summed E-state index contributed by atoms with van der Waals surface area (Å²) in [5.74, 6) is 1.25. The molecule has 1 fully saturated rings. The van der Waals surface area contributed by atoms with E-state index in [1.54, 1.807) is 0 Å². The molecule has 0 aliphatic heterocycles. The van der Waals surface area contributed by atoms with Gasteiger partial charge in [-0.3, -0.25) is 4.79 Å².